The summed E-state index contributed by atoms with van der Waals surface area (Å²) >= 11 is 0. The predicted octanol–water partition coefficient (Wildman–Crippen LogP) is 2.06. The Balaban J connectivity index is 1.77. The molecule has 1 saturated heterocycles. The Hall–Kier alpha value is -3.00. The zero-order valence-electron chi connectivity index (χ0n) is 16.2. The molecule has 1 amide bonds. The summed E-state index contributed by atoms with van der Waals surface area (Å²) in [5.74, 6) is -0.471. The number of fused-ring (bicyclic) bond motifs is 4. The van der Waals surface area contributed by atoms with Crippen molar-refractivity contribution >= 4 is 11.9 Å². The van der Waals surface area contributed by atoms with E-state index in [1.54, 1.807) is 37.4 Å². The van der Waals surface area contributed by atoms with Crippen LogP contribution in [-0.2, 0) is 15.1 Å². The third kappa shape index (κ3) is 2.35. The molecule has 1 aromatic heterocycles. The quantitative estimate of drug-likeness (QED) is 0.746. The Morgan fingerprint density at radius 1 is 1.34 bits per heavy atom. The lowest BCUT2D eigenvalue weighted by molar-refractivity contribution is -0.154. The number of guanidine groups is 1. The van der Waals surface area contributed by atoms with Crippen LogP contribution >= 0.6 is 0 Å². The van der Waals surface area contributed by atoms with Gasteiger partial charge in [0.2, 0.25) is 5.95 Å². The summed E-state index contributed by atoms with van der Waals surface area (Å²) in [5.41, 5.74) is 5.68. The molecule has 0 aliphatic carbocycles. The number of benzene rings is 1. The Morgan fingerprint density at radius 2 is 2.17 bits per heavy atom. The first-order valence-electron chi connectivity index (χ1n) is 9.52. The van der Waals surface area contributed by atoms with Crippen molar-refractivity contribution in [3.63, 3.8) is 0 Å². The molecule has 4 heterocycles. The van der Waals surface area contributed by atoms with E-state index in [4.69, 9.17) is 15.2 Å². The molecule has 7 nitrogen and oxygen atoms in total. The first-order valence-corrected chi connectivity index (χ1v) is 9.52. The van der Waals surface area contributed by atoms with Crippen molar-refractivity contribution in [2.45, 2.75) is 24.5 Å². The van der Waals surface area contributed by atoms with Crippen molar-refractivity contribution in [3.8, 4) is 16.9 Å². The summed E-state index contributed by atoms with van der Waals surface area (Å²) in [6.45, 7) is 2.84. The molecule has 3 aliphatic heterocycles. The van der Waals surface area contributed by atoms with Crippen LogP contribution < -0.4 is 10.5 Å². The predicted molar refractivity (Wildman–Crippen MR) is 104 cm³/mol. The smallest absolute Gasteiger partial charge is 0.262 e. The molecule has 5 rings (SSSR count). The van der Waals surface area contributed by atoms with E-state index in [-0.39, 0.29) is 17.8 Å². The number of pyridine rings is 1. The van der Waals surface area contributed by atoms with Gasteiger partial charge >= 0.3 is 0 Å². The van der Waals surface area contributed by atoms with Gasteiger partial charge in [-0.3, -0.25) is 9.69 Å². The van der Waals surface area contributed by atoms with Crippen LogP contribution in [0, 0.1) is 11.9 Å². The van der Waals surface area contributed by atoms with E-state index in [9.17, 15) is 9.18 Å². The SMILES string of the molecule is CN1C(=O)[C@]2(N=C1N)c1cc(-c3cccnc3F)ccc1O[C@]1(C)CCOCC12. The number of rotatable bonds is 1. The lowest BCUT2D eigenvalue weighted by Crippen LogP contribution is -2.62. The zero-order chi connectivity index (χ0) is 20.4. The number of amides is 1. The average Bonchev–Trinajstić information content (AvgIpc) is 2.93. The Kier molecular flexibility index (Phi) is 3.73. The molecule has 2 N–H and O–H groups in total. The first kappa shape index (κ1) is 18.1. The van der Waals surface area contributed by atoms with E-state index < -0.39 is 17.1 Å². The van der Waals surface area contributed by atoms with Crippen molar-refractivity contribution in [2.24, 2.45) is 16.6 Å². The molecule has 3 aliphatic rings. The molecule has 1 fully saturated rings. The maximum atomic E-state index is 14.3. The molecule has 29 heavy (non-hydrogen) atoms. The maximum absolute atomic E-state index is 14.3. The van der Waals surface area contributed by atoms with E-state index in [1.165, 1.54) is 11.1 Å². The van der Waals surface area contributed by atoms with Gasteiger partial charge in [-0.15, -0.1) is 0 Å². The van der Waals surface area contributed by atoms with Crippen molar-refractivity contribution in [1.82, 2.24) is 9.88 Å². The number of aliphatic imine (C=N–C) groups is 1. The largest absolute Gasteiger partial charge is 0.487 e. The second-order valence-electron chi connectivity index (χ2n) is 7.95. The summed E-state index contributed by atoms with van der Waals surface area (Å²) in [6, 6.07) is 8.62. The van der Waals surface area contributed by atoms with E-state index in [2.05, 4.69) is 9.98 Å². The molecule has 0 saturated carbocycles. The molecule has 1 aromatic carbocycles. The monoisotopic (exact) mass is 396 g/mol. The van der Waals surface area contributed by atoms with Gasteiger partial charge < -0.3 is 15.2 Å². The summed E-state index contributed by atoms with van der Waals surface area (Å²) in [4.78, 5) is 23.3. The summed E-state index contributed by atoms with van der Waals surface area (Å²) in [7, 11) is 1.61. The fraction of sp³-hybridized carbons (Fsp3) is 0.381. The van der Waals surface area contributed by atoms with Gasteiger partial charge in [-0.2, -0.15) is 4.39 Å². The second-order valence-corrected chi connectivity index (χ2v) is 7.95. The molecule has 150 valence electrons. The highest BCUT2D eigenvalue weighted by Crippen LogP contribution is 2.55. The number of likely N-dealkylation sites (N-methyl/N-ethyl adjacent to an activating group) is 1. The van der Waals surface area contributed by atoms with Crippen LogP contribution in [0.25, 0.3) is 11.1 Å². The average molecular weight is 396 g/mol. The maximum Gasteiger partial charge on any atom is 0.262 e. The number of nitrogens with two attached hydrogens (primary N) is 1. The van der Waals surface area contributed by atoms with E-state index in [0.717, 1.165) is 0 Å². The highest BCUT2D eigenvalue weighted by atomic mass is 19.1. The van der Waals surface area contributed by atoms with Crippen LogP contribution in [-0.4, -0.2) is 47.6 Å². The second kappa shape index (κ2) is 6.00. The lowest BCUT2D eigenvalue weighted by Gasteiger charge is -2.51. The molecule has 0 bridgehead atoms. The fourth-order valence-corrected chi connectivity index (χ4v) is 4.70. The van der Waals surface area contributed by atoms with Gasteiger partial charge in [0, 0.05) is 30.8 Å². The van der Waals surface area contributed by atoms with E-state index in [0.29, 0.717) is 42.1 Å². The van der Waals surface area contributed by atoms with Gasteiger partial charge in [-0.25, -0.2) is 9.98 Å². The van der Waals surface area contributed by atoms with Crippen molar-refractivity contribution in [1.29, 1.82) is 0 Å². The van der Waals surface area contributed by atoms with Gasteiger partial charge in [0.15, 0.2) is 11.5 Å². The molecule has 0 radical (unpaired) electrons. The molecule has 2 aromatic rings. The fourth-order valence-electron chi connectivity index (χ4n) is 4.70. The van der Waals surface area contributed by atoms with Crippen molar-refractivity contribution in [3.05, 3.63) is 48.0 Å². The Bertz CT molecular complexity index is 1060. The Morgan fingerprint density at radius 3 is 2.90 bits per heavy atom. The third-order valence-electron chi connectivity index (χ3n) is 6.34. The number of hydrogen-bond acceptors (Lipinski definition) is 6. The first-order chi connectivity index (χ1) is 13.9. The molecular formula is C21H21FN4O3. The van der Waals surface area contributed by atoms with Crippen LogP contribution in [0.15, 0.2) is 41.5 Å². The minimum absolute atomic E-state index is 0.147. The molecular weight excluding hydrogens is 375 g/mol. The zero-order valence-corrected chi connectivity index (χ0v) is 16.2. The minimum atomic E-state index is -1.27. The number of nitrogens with zero attached hydrogens (tertiary/aromatic N) is 3. The van der Waals surface area contributed by atoms with Gasteiger partial charge in [0.1, 0.15) is 11.4 Å². The van der Waals surface area contributed by atoms with Crippen LogP contribution in [0.4, 0.5) is 4.39 Å². The van der Waals surface area contributed by atoms with Crippen LogP contribution in [0.5, 0.6) is 5.75 Å². The highest BCUT2D eigenvalue weighted by molar-refractivity contribution is 6.07. The highest BCUT2D eigenvalue weighted by Gasteiger charge is 2.64. The standard InChI is InChI=1S/C21H21FN4O3/c1-20-7-9-28-11-16(20)21(18(27)26(2)19(23)25-21)14-10-12(5-6-15(14)29-20)13-4-3-8-24-17(13)22/h3-6,8,10,16H,7,9,11H2,1-2H3,(H2,23,25)/t16?,20-,21+/m1/s1. The number of aromatic nitrogens is 1. The molecule has 1 unspecified atom stereocenters. The molecule has 1 spiro atoms. The van der Waals surface area contributed by atoms with Crippen LogP contribution in [0.2, 0.25) is 0 Å². The Labute approximate surface area is 167 Å². The van der Waals surface area contributed by atoms with Gasteiger partial charge in [0.25, 0.3) is 5.91 Å². The summed E-state index contributed by atoms with van der Waals surface area (Å²) in [5, 5.41) is 0. The van der Waals surface area contributed by atoms with Crippen molar-refractivity contribution in [2.75, 3.05) is 20.3 Å². The normalized spacial score (nSPS) is 30.6. The molecule has 8 heteroatoms. The number of ether oxygens (including phenoxy) is 2. The summed E-state index contributed by atoms with van der Waals surface area (Å²) < 4.78 is 26.4. The number of carbonyl (C=O) groups excluding carboxylic acids is 1. The third-order valence-corrected chi connectivity index (χ3v) is 6.34. The number of carbonyl (C=O) groups is 1. The summed E-state index contributed by atoms with van der Waals surface area (Å²) in [6.07, 6.45) is 2.03. The van der Waals surface area contributed by atoms with Gasteiger partial charge in [-0.1, -0.05) is 6.07 Å². The lowest BCUT2D eigenvalue weighted by atomic mass is 9.66. The molecule has 3 atom stereocenters. The minimum Gasteiger partial charge on any atom is -0.487 e. The number of hydrogen-bond donors (Lipinski definition) is 1. The van der Waals surface area contributed by atoms with Crippen molar-refractivity contribution < 1.29 is 18.7 Å². The topological polar surface area (TPSA) is 90.0 Å². The van der Waals surface area contributed by atoms with Crippen LogP contribution in [0.3, 0.4) is 0 Å². The van der Waals surface area contributed by atoms with Gasteiger partial charge in [0.05, 0.1) is 19.1 Å². The van der Waals surface area contributed by atoms with E-state index in [1.807, 2.05) is 6.92 Å². The van der Waals surface area contributed by atoms with Crippen LogP contribution in [0.1, 0.15) is 18.9 Å². The number of halogens is 1. The van der Waals surface area contributed by atoms with E-state index >= 15 is 0 Å². The van der Waals surface area contributed by atoms with Gasteiger partial charge in [-0.05, 0) is 36.8 Å².